The molecule has 2 N–H and O–H groups in total. The maximum absolute atomic E-state index is 11.5. The molecule has 1 aromatic heterocycles. The van der Waals surface area contributed by atoms with Gasteiger partial charge in [0.05, 0.1) is 0 Å². The Morgan fingerprint density at radius 2 is 1.90 bits per heavy atom. The van der Waals surface area contributed by atoms with Crippen molar-refractivity contribution in [2.75, 3.05) is 10.6 Å². The number of anilines is 3. The Kier molecular flexibility index (Phi) is 5.11. The summed E-state index contributed by atoms with van der Waals surface area (Å²) >= 11 is 5.92. The number of hydrogen-bond acceptors (Lipinski definition) is 4. The molecule has 0 saturated heterocycles. The molecule has 21 heavy (non-hydrogen) atoms. The summed E-state index contributed by atoms with van der Waals surface area (Å²) in [4.78, 5) is 11.5. The second-order valence-corrected chi connectivity index (χ2v) is 5.12. The number of benzene rings is 1. The van der Waals surface area contributed by atoms with Crippen LogP contribution in [-0.4, -0.2) is 16.1 Å². The van der Waals surface area contributed by atoms with Crippen molar-refractivity contribution in [1.29, 1.82) is 0 Å². The van der Waals surface area contributed by atoms with E-state index < -0.39 is 0 Å². The van der Waals surface area contributed by atoms with E-state index in [0.717, 1.165) is 17.7 Å². The lowest BCUT2D eigenvalue weighted by Gasteiger charge is -2.09. The topological polar surface area (TPSA) is 66.9 Å². The zero-order valence-electron chi connectivity index (χ0n) is 12.0. The molecule has 0 saturated carbocycles. The average Bonchev–Trinajstić information content (AvgIpc) is 2.44. The second kappa shape index (κ2) is 7.04. The summed E-state index contributed by atoms with van der Waals surface area (Å²) in [6.07, 6.45) is 1.28. The van der Waals surface area contributed by atoms with E-state index in [1.807, 2.05) is 32.0 Å². The maximum atomic E-state index is 11.5. The Morgan fingerprint density at radius 1 is 1.19 bits per heavy atom. The summed E-state index contributed by atoms with van der Waals surface area (Å²) in [7, 11) is 0. The molecule has 110 valence electrons. The van der Waals surface area contributed by atoms with E-state index >= 15 is 0 Å². The first kappa shape index (κ1) is 15.3. The van der Waals surface area contributed by atoms with Crippen LogP contribution >= 0.6 is 11.6 Å². The van der Waals surface area contributed by atoms with E-state index in [2.05, 4.69) is 20.8 Å². The monoisotopic (exact) mass is 304 g/mol. The number of halogens is 1. The fourth-order valence-electron chi connectivity index (χ4n) is 1.80. The molecule has 0 bridgehead atoms. The minimum atomic E-state index is -0.0546. The zero-order chi connectivity index (χ0) is 15.2. The highest BCUT2D eigenvalue weighted by atomic mass is 35.5. The Labute approximate surface area is 128 Å². The van der Waals surface area contributed by atoms with Crippen LogP contribution in [0.15, 0.2) is 30.3 Å². The van der Waals surface area contributed by atoms with Gasteiger partial charge in [-0.3, -0.25) is 4.79 Å². The number of amides is 1. The number of rotatable bonds is 5. The maximum Gasteiger partial charge on any atom is 0.225 e. The number of aryl methyl sites for hydroxylation is 1. The van der Waals surface area contributed by atoms with Crippen molar-refractivity contribution >= 4 is 34.8 Å². The van der Waals surface area contributed by atoms with Crippen molar-refractivity contribution in [2.24, 2.45) is 0 Å². The van der Waals surface area contributed by atoms with Crippen molar-refractivity contribution in [2.45, 2.75) is 26.7 Å². The number of carbonyl (C=O) groups is 1. The van der Waals surface area contributed by atoms with Crippen LogP contribution in [0.25, 0.3) is 0 Å². The average molecular weight is 305 g/mol. The van der Waals surface area contributed by atoms with Crippen molar-refractivity contribution in [3.05, 3.63) is 40.9 Å². The smallest absolute Gasteiger partial charge is 0.225 e. The van der Waals surface area contributed by atoms with E-state index in [4.69, 9.17) is 11.6 Å². The predicted octanol–water partition coefficient (Wildman–Crippen LogP) is 3.92. The molecule has 0 aliphatic heterocycles. The van der Waals surface area contributed by atoms with Gasteiger partial charge in [-0.1, -0.05) is 18.5 Å². The molecule has 0 aliphatic carbocycles. The Hall–Kier alpha value is -2.14. The lowest BCUT2D eigenvalue weighted by atomic mass is 10.2. The summed E-state index contributed by atoms with van der Waals surface area (Å²) in [5, 5.41) is 14.6. The van der Waals surface area contributed by atoms with Crippen LogP contribution in [0, 0.1) is 6.92 Å². The summed E-state index contributed by atoms with van der Waals surface area (Å²) in [5.74, 6) is 1.00. The molecule has 2 aromatic rings. The molecule has 6 heteroatoms. The molecule has 1 heterocycles. The molecule has 0 spiro atoms. The Balaban J connectivity index is 2.03. The first-order valence-corrected chi connectivity index (χ1v) is 7.13. The summed E-state index contributed by atoms with van der Waals surface area (Å²) in [6, 6.07) is 9.05. The van der Waals surface area contributed by atoms with Gasteiger partial charge in [0, 0.05) is 17.1 Å². The standard InChI is InChI=1S/C15H17ClN4O/c1-3-4-15(21)18-14-8-7-13(19-20-14)17-12-6-5-11(16)9-10(12)2/h5-9H,3-4H2,1-2H3,(H,17,19)(H,18,20,21). The molecule has 5 nitrogen and oxygen atoms in total. The van der Waals surface area contributed by atoms with Crippen LogP contribution < -0.4 is 10.6 Å². The Morgan fingerprint density at radius 3 is 2.52 bits per heavy atom. The van der Waals surface area contributed by atoms with E-state index in [1.165, 1.54) is 0 Å². The first-order valence-electron chi connectivity index (χ1n) is 6.75. The number of nitrogens with zero attached hydrogens (tertiary/aromatic N) is 2. The van der Waals surface area contributed by atoms with E-state index in [9.17, 15) is 4.79 Å². The van der Waals surface area contributed by atoms with E-state index in [1.54, 1.807) is 12.1 Å². The summed E-state index contributed by atoms with van der Waals surface area (Å²) < 4.78 is 0. The summed E-state index contributed by atoms with van der Waals surface area (Å²) in [5.41, 5.74) is 1.93. The van der Waals surface area contributed by atoms with Gasteiger partial charge in [0.2, 0.25) is 5.91 Å². The fraction of sp³-hybridized carbons (Fsp3) is 0.267. The molecule has 0 radical (unpaired) electrons. The zero-order valence-corrected chi connectivity index (χ0v) is 12.7. The van der Waals surface area contributed by atoms with Gasteiger partial charge >= 0.3 is 0 Å². The summed E-state index contributed by atoms with van der Waals surface area (Å²) in [6.45, 7) is 3.91. The molecule has 0 unspecified atom stereocenters. The molecule has 1 aromatic carbocycles. The molecule has 0 atom stereocenters. The second-order valence-electron chi connectivity index (χ2n) is 4.69. The van der Waals surface area contributed by atoms with Gasteiger partial charge in [-0.2, -0.15) is 0 Å². The van der Waals surface area contributed by atoms with Crippen LogP contribution in [0.3, 0.4) is 0 Å². The molecule has 0 fully saturated rings. The van der Waals surface area contributed by atoms with Gasteiger partial charge in [0.1, 0.15) is 0 Å². The van der Waals surface area contributed by atoms with Crippen molar-refractivity contribution in [1.82, 2.24) is 10.2 Å². The quantitative estimate of drug-likeness (QED) is 0.878. The minimum absolute atomic E-state index is 0.0546. The number of nitrogens with one attached hydrogen (secondary N) is 2. The van der Waals surface area contributed by atoms with Crippen molar-refractivity contribution in [3.63, 3.8) is 0 Å². The molecular weight excluding hydrogens is 288 g/mol. The van der Waals surface area contributed by atoms with Crippen molar-refractivity contribution < 1.29 is 4.79 Å². The van der Waals surface area contributed by atoms with Gasteiger partial charge in [0.15, 0.2) is 11.6 Å². The van der Waals surface area contributed by atoms with Gasteiger partial charge in [-0.15, -0.1) is 10.2 Å². The first-order chi connectivity index (χ1) is 10.1. The Bertz CT molecular complexity index is 628. The fourth-order valence-corrected chi connectivity index (χ4v) is 2.03. The molecule has 0 aliphatic rings. The van der Waals surface area contributed by atoms with Crippen LogP contribution in [0.1, 0.15) is 25.3 Å². The third-order valence-electron chi connectivity index (χ3n) is 2.86. The van der Waals surface area contributed by atoms with Gasteiger partial charge in [-0.25, -0.2) is 0 Å². The highest BCUT2D eigenvalue weighted by molar-refractivity contribution is 6.30. The number of aromatic nitrogens is 2. The van der Waals surface area contributed by atoms with Gasteiger partial charge in [0.25, 0.3) is 0 Å². The van der Waals surface area contributed by atoms with Crippen LogP contribution in [-0.2, 0) is 4.79 Å². The minimum Gasteiger partial charge on any atom is -0.339 e. The van der Waals surface area contributed by atoms with Crippen molar-refractivity contribution in [3.8, 4) is 0 Å². The third-order valence-corrected chi connectivity index (χ3v) is 3.10. The third kappa shape index (κ3) is 4.43. The lowest BCUT2D eigenvalue weighted by Crippen LogP contribution is -2.12. The van der Waals surface area contributed by atoms with Crippen LogP contribution in [0.2, 0.25) is 5.02 Å². The SMILES string of the molecule is CCCC(=O)Nc1ccc(Nc2ccc(Cl)cc2C)nn1. The molecular formula is C15H17ClN4O. The van der Waals surface area contributed by atoms with Crippen LogP contribution in [0.5, 0.6) is 0 Å². The molecule has 2 rings (SSSR count). The number of hydrogen-bond donors (Lipinski definition) is 2. The number of carbonyl (C=O) groups excluding carboxylic acids is 1. The highest BCUT2D eigenvalue weighted by Crippen LogP contribution is 2.22. The van der Waals surface area contributed by atoms with E-state index in [-0.39, 0.29) is 5.91 Å². The largest absolute Gasteiger partial charge is 0.339 e. The van der Waals surface area contributed by atoms with Gasteiger partial charge < -0.3 is 10.6 Å². The highest BCUT2D eigenvalue weighted by Gasteiger charge is 2.04. The molecule has 1 amide bonds. The van der Waals surface area contributed by atoms with E-state index in [0.29, 0.717) is 23.1 Å². The lowest BCUT2D eigenvalue weighted by molar-refractivity contribution is -0.116. The normalized spacial score (nSPS) is 10.2. The van der Waals surface area contributed by atoms with Gasteiger partial charge in [-0.05, 0) is 49.2 Å². The predicted molar refractivity (Wildman–Crippen MR) is 85.0 cm³/mol. The van der Waals surface area contributed by atoms with Crippen LogP contribution in [0.4, 0.5) is 17.3 Å².